The van der Waals surface area contributed by atoms with Crippen LogP contribution in [-0.2, 0) is 0 Å². The van der Waals surface area contributed by atoms with E-state index in [0.717, 1.165) is 17.7 Å². The van der Waals surface area contributed by atoms with E-state index in [2.05, 4.69) is 26.1 Å². The van der Waals surface area contributed by atoms with Crippen LogP contribution in [0.3, 0.4) is 0 Å². The molecule has 0 radical (unpaired) electrons. The number of hydrogen-bond acceptors (Lipinski definition) is 1. The molecule has 1 nitrogen and oxygen atoms in total. The van der Waals surface area contributed by atoms with Gasteiger partial charge in [0.1, 0.15) is 5.82 Å². The van der Waals surface area contributed by atoms with Crippen LogP contribution < -0.4 is 5.32 Å². The van der Waals surface area contributed by atoms with Gasteiger partial charge in [0.25, 0.3) is 0 Å². The van der Waals surface area contributed by atoms with Gasteiger partial charge in [0.15, 0.2) is 0 Å². The van der Waals surface area contributed by atoms with Gasteiger partial charge in [0.2, 0.25) is 0 Å². The molecule has 0 aromatic heterocycles. The Morgan fingerprint density at radius 2 is 2.14 bits per heavy atom. The average molecular weight is 193 g/mol. The highest BCUT2D eigenvalue weighted by molar-refractivity contribution is 5.56. The highest BCUT2D eigenvalue weighted by Crippen LogP contribution is 2.38. The first-order chi connectivity index (χ1) is 6.48. The van der Waals surface area contributed by atoms with Crippen molar-refractivity contribution in [1.82, 2.24) is 0 Å². The Hall–Kier alpha value is -1.05. The van der Waals surface area contributed by atoms with Gasteiger partial charge in [-0.2, -0.15) is 0 Å². The molecule has 76 valence electrons. The van der Waals surface area contributed by atoms with E-state index in [9.17, 15) is 4.39 Å². The summed E-state index contributed by atoms with van der Waals surface area (Å²) in [5.74, 6) is 0.286. The molecule has 1 atom stereocenters. The van der Waals surface area contributed by atoms with Crippen molar-refractivity contribution < 1.29 is 4.39 Å². The maximum atomic E-state index is 13.0. The fourth-order valence-corrected chi connectivity index (χ4v) is 2.35. The summed E-state index contributed by atoms with van der Waals surface area (Å²) >= 11 is 0. The molecule has 2 rings (SSSR count). The molecule has 0 bridgehead atoms. The molecule has 1 N–H and O–H groups in total. The largest absolute Gasteiger partial charge is 0.380 e. The van der Waals surface area contributed by atoms with Crippen LogP contribution in [0, 0.1) is 5.82 Å². The molecular weight excluding hydrogens is 177 g/mol. The normalized spacial score (nSPS) is 23.9. The summed E-state index contributed by atoms with van der Waals surface area (Å²) in [6, 6.07) is 4.99. The lowest BCUT2D eigenvalue weighted by Gasteiger charge is -2.37. The lowest BCUT2D eigenvalue weighted by Crippen LogP contribution is -2.36. The molecule has 0 saturated heterocycles. The van der Waals surface area contributed by atoms with Gasteiger partial charge >= 0.3 is 0 Å². The molecule has 0 unspecified atom stereocenters. The monoisotopic (exact) mass is 193 g/mol. The minimum absolute atomic E-state index is 0.115. The van der Waals surface area contributed by atoms with Crippen LogP contribution in [0.2, 0.25) is 0 Å². The van der Waals surface area contributed by atoms with Gasteiger partial charge in [-0.1, -0.05) is 6.92 Å². The zero-order chi connectivity index (χ0) is 10.3. The molecular formula is C12H16FN. The number of halogens is 1. The maximum absolute atomic E-state index is 13.0. The molecule has 1 aromatic rings. The summed E-state index contributed by atoms with van der Waals surface area (Å²) in [6.45, 7) is 6.51. The number of nitrogens with one attached hydrogen (secondary N) is 1. The van der Waals surface area contributed by atoms with Crippen LogP contribution in [0.4, 0.5) is 10.1 Å². The van der Waals surface area contributed by atoms with Crippen molar-refractivity contribution in [2.45, 2.75) is 38.6 Å². The van der Waals surface area contributed by atoms with Crippen molar-refractivity contribution in [2.24, 2.45) is 0 Å². The van der Waals surface area contributed by atoms with E-state index in [4.69, 9.17) is 0 Å². The van der Waals surface area contributed by atoms with E-state index in [-0.39, 0.29) is 11.4 Å². The van der Waals surface area contributed by atoms with E-state index >= 15 is 0 Å². The molecule has 1 aromatic carbocycles. The Kier molecular flexibility index (Phi) is 2.02. The molecule has 0 spiro atoms. The summed E-state index contributed by atoms with van der Waals surface area (Å²) in [7, 11) is 0. The third-order valence-corrected chi connectivity index (χ3v) is 2.83. The summed E-state index contributed by atoms with van der Waals surface area (Å²) < 4.78 is 13.0. The molecule has 1 aliphatic rings. The second-order valence-electron chi connectivity index (χ2n) is 4.85. The van der Waals surface area contributed by atoms with E-state index in [1.807, 2.05) is 6.07 Å². The summed E-state index contributed by atoms with van der Waals surface area (Å²) in [5.41, 5.74) is 2.30. The van der Waals surface area contributed by atoms with Crippen LogP contribution in [0.1, 0.15) is 38.7 Å². The quantitative estimate of drug-likeness (QED) is 0.664. The first kappa shape index (κ1) is 9.50. The first-order valence-electron chi connectivity index (χ1n) is 5.05. The highest BCUT2D eigenvalue weighted by atomic mass is 19.1. The number of fused-ring (bicyclic) bond motifs is 1. The number of anilines is 1. The van der Waals surface area contributed by atoms with Gasteiger partial charge in [-0.15, -0.1) is 0 Å². The molecule has 0 fully saturated rings. The average Bonchev–Trinajstić information content (AvgIpc) is 2.05. The Labute approximate surface area is 84.3 Å². The first-order valence-corrected chi connectivity index (χ1v) is 5.05. The molecule has 1 heterocycles. The minimum Gasteiger partial charge on any atom is -0.380 e. The lowest BCUT2D eigenvalue weighted by molar-refractivity contribution is 0.452. The summed E-state index contributed by atoms with van der Waals surface area (Å²) in [6.07, 6.45) is 1.05. The van der Waals surface area contributed by atoms with Crippen LogP contribution in [0.15, 0.2) is 18.2 Å². The van der Waals surface area contributed by atoms with E-state index < -0.39 is 0 Å². The third kappa shape index (κ3) is 1.61. The Morgan fingerprint density at radius 3 is 2.86 bits per heavy atom. The molecule has 14 heavy (non-hydrogen) atoms. The zero-order valence-corrected chi connectivity index (χ0v) is 8.89. The lowest BCUT2D eigenvalue weighted by atomic mass is 9.82. The van der Waals surface area contributed by atoms with Gasteiger partial charge in [0.05, 0.1) is 0 Å². The number of rotatable bonds is 0. The van der Waals surface area contributed by atoms with Crippen LogP contribution in [0.25, 0.3) is 0 Å². The van der Waals surface area contributed by atoms with E-state index in [1.54, 1.807) is 6.07 Å². The molecule has 1 aliphatic heterocycles. The van der Waals surface area contributed by atoms with Gasteiger partial charge in [-0.05, 0) is 49.9 Å². The predicted molar refractivity (Wildman–Crippen MR) is 57.1 cm³/mol. The van der Waals surface area contributed by atoms with Crippen molar-refractivity contribution in [1.29, 1.82) is 0 Å². The van der Waals surface area contributed by atoms with Crippen LogP contribution >= 0.6 is 0 Å². The van der Waals surface area contributed by atoms with Gasteiger partial charge in [-0.3, -0.25) is 0 Å². The summed E-state index contributed by atoms with van der Waals surface area (Å²) in [5, 5.41) is 3.43. The maximum Gasteiger partial charge on any atom is 0.123 e. The summed E-state index contributed by atoms with van der Waals surface area (Å²) in [4.78, 5) is 0. The van der Waals surface area contributed by atoms with Crippen LogP contribution in [-0.4, -0.2) is 5.54 Å². The van der Waals surface area contributed by atoms with Crippen molar-refractivity contribution in [3.8, 4) is 0 Å². The number of benzene rings is 1. The SMILES string of the molecule is C[C@H]1CC(C)(C)Nc2ccc(F)cc21. The smallest absolute Gasteiger partial charge is 0.123 e. The van der Waals surface area contributed by atoms with Crippen molar-refractivity contribution >= 4 is 5.69 Å². The predicted octanol–water partition coefficient (Wildman–Crippen LogP) is 3.52. The zero-order valence-electron chi connectivity index (χ0n) is 8.89. The van der Waals surface area contributed by atoms with Gasteiger partial charge in [-0.25, -0.2) is 4.39 Å². The Bertz CT molecular complexity index is 357. The van der Waals surface area contributed by atoms with Gasteiger partial charge in [0, 0.05) is 11.2 Å². The van der Waals surface area contributed by atoms with Crippen molar-refractivity contribution in [2.75, 3.05) is 5.32 Å². The second kappa shape index (κ2) is 2.97. The van der Waals surface area contributed by atoms with E-state index in [0.29, 0.717) is 5.92 Å². The third-order valence-electron chi connectivity index (χ3n) is 2.83. The van der Waals surface area contributed by atoms with Crippen molar-refractivity contribution in [3.63, 3.8) is 0 Å². The number of hydrogen-bond donors (Lipinski definition) is 1. The standard InChI is InChI=1S/C12H16FN/c1-8-7-12(2,3)14-11-5-4-9(13)6-10(8)11/h4-6,8,14H,7H2,1-3H3/t8-/m0/s1. The van der Waals surface area contributed by atoms with Crippen LogP contribution in [0.5, 0.6) is 0 Å². The molecule has 0 saturated carbocycles. The molecule has 0 amide bonds. The fraction of sp³-hybridized carbons (Fsp3) is 0.500. The highest BCUT2D eigenvalue weighted by Gasteiger charge is 2.28. The minimum atomic E-state index is -0.142. The fourth-order valence-electron chi connectivity index (χ4n) is 2.35. The molecule has 0 aliphatic carbocycles. The Morgan fingerprint density at radius 1 is 1.43 bits per heavy atom. The van der Waals surface area contributed by atoms with Crippen molar-refractivity contribution in [3.05, 3.63) is 29.6 Å². The molecule has 2 heteroatoms. The van der Waals surface area contributed by atoms with E-state index in [1.165, 1.54) is 6.07 Å². The Balaban J connectivity index is 2.45. The second-order valence-corrected chi connectivity index (χ2v) is 4.85. The topological polar surface area (TPSA) is 12.0 Å². The van der Waals surface area contributed by atoms with Gasteiger partial charge < -0.3 is 5.32 Å².